The normalized spacial score (nSPS) is 11.2. The number of benzene rings is 1. The Morgan fingerprint density at radius 2 is 2.12 bits per heavy atom. The maximum Gasteiger partial charge on any atom is 0.266 e. The summed E-state index contributed by atoms with van der Waals surface area (Å²) in [6, 6.07) is 4.92. The molecule has 1 aromatic rings. The van der Waals surface area contributed by atoms with Gasteiger partial charge in [0.1, 0.15) is 0 Å². The Hall–Kier alpha value is -0.380. The maximum atomic E-state index is 11.6. The van der Waals surface area contributed by atoms with E-state index in [0.29, 0.717) is 0 Å². The van der Waals surface area contributed by atoms with E-state index < -0.39 is 21.8 Å². The summed E-state index contributed by atoms with van der Waals surface area (Å²) < 4.78 is 30.2. The number of nitrogens with one attached hydrogen (secondary N) is 1. The summed E-state index contributed by atoms with van der Waals surface area (Å²) >= 11 is 7.86. The van der Waals surface area contributed by atoms with Crippen molar-refractivity contribution in [1.29, 1.82) is 0 Å². The fourth-order valence-electron chi connectivity index (χ4n) is 1.06. The molecule has 0 radical (unpaired) electrons. The zero-order chi connectivity index (χ0) is 13.1. The van der Waals surface area contributed by atoms with Crippen molar-refractivity contribution in [3.8, 4) is 0 Å². The highest BCUT2D eigenvalue weighted by Crippen LogP contribution is 2.18. The van der Waals surface area contributed by atoms with Gasteiger partial charge in [0.25, 0.3) is 16.0 Å². The van der Waals surface area contributed by atoms with Crippen LogP contribution in [0.2, 0.25) is 5.02 Å². The molecular weight excluding hydrogens is 381 g/mol. The number of carbonyl (C=O) groups excluding carboxylic acids is 1. The highest BCUT2D eigenvalue weighted by Gasteiger charge is 2.11. The quantitative estimate of drug-likeness (QED) is 0.605. The van der Waals surface area contributed by atoms with E-state index in [1.807, 2.05) is 22.6 Å². The van der Waals surface area contributed by atoms with Gasteiger partial charge in [0, 0.05) is 10.1 Å². The Balaban J connectivity index is 2.67. The molecule has 94 valence electrons. The fraction of sp³-hybridized carbons (Fsp3) is 0.222. The zero-order valence-corrected chi connectivity index (χ0v) is 12.2. The smallest absolute Gasteiger partial charge is 0.266 e. The van der Waals surface area contributed by atoms with E-state index in [0.717, 1.165) is 3.57 Å². The Morgan fingerprint density at radius 1 is 1.47 bits per heavy atom. The average molecular weight is 390 g/mol. The van der Waals surface area contributed by atoms with Gasteiger partial charge in [0.05, 0.1) is 16.3 Å². The number of rotatable bonds is 4. The predicted octanol–water partition coefficient (Wildman–Crippen LogP) is 1.56. The number of hydrogen-bond acceptors (Lipinski definition) is 3. The molecule has 0 spiro atoms. The number of halogens is 2. The molecule has 1 aromatic carbocycles. The average Bonchev–Trinajstić information content (AvgIpc) is 2.19. The van der Waals surface area contributed by atoms with E-state index in [1.165, 1.54) is 0 Å². The molecule has 0 unspecified atom stereocenters. The molecule has 8 heteroatoms. The molecular formula is C9H9ClINO4S. The third kappa shape index (κ3) is 5.19. The summed E-state index contributed by atoms with van der Waals surface area (Å²) in [6.45, 7) is -0.167. The SMILES string of the molecule is O=C(NCCS(=O)(=O)O)c1cc(I)ccc1Cl. The molecule has 0 aromatic heterocycles. The fourth-order valence-corrected chi connectivity index (χ4v) is 2.11. The molecule has 17 heavy (non-hydrogen) atoms. The molecule has 0 atom stereocenters. The molecule has 0 aliphatic rings. The molecule has 0 saturated heterocycles. The highest BCUT2D eigenvalue weighted by molar-refractivity contribution is 14.1. The van der Waals surface area contributed by atoms with Gasteiger partial charge in [-0.3, -0.25) is 9.35 Å². The predicted molar refractivity (Wildman–Crippen MR) is 72.9 cm³/mol. The Kier molecular flexibility index (Phi) is 5.17. The first kappa shape index (κ1) is 14.7. The molecule has 0 fully saturated rings. The van der Waals surface area contributed by atoms with Gasteiger partial charge in [-0.25, -0.2) is 0 Å². The van der Waals surface area contributed by atoms with Crippen molar-refractivity contribution in [3.63, 3.8) is 0 Å². The summed E-state index contributed by atoms with van der Waals surface area (Å²) in [5, 5.41) is 2.64. The van der Waals surface area contributed by atoms with Crippen LogP contribution in [-0.2, 0) is 10.1 Å². The molecule has 1 amide bonds. The van der Waals surface area contributed by atoms with Gasteiger partial charge >= 0.3 is 0 Å². The van der Waals surface area contributed by atoms with E-state index in [1.54, 1.807) is 18.2 Å². The molecule has 2 N–H and O–H groups in total. The van der Waals surface area contributed by atoms with Crippen LogP contribution < -0.4 is 5.32 Å². The summed E-state index contributed by atoms with van der Waals surface area (Å²) in [6.07, 6.45) is 0. The molecule has 0 bridgehead atoms. The van der Waals surface area contributed by atoms with Crippen molar-refractivity contribution < 1.29 is 17.8 Å². The van der Waals surface area contributed by atoms with E-state index in [-0.39, 0.29) is 17.1 Å². The molecule has 5 nitrogen and oxygen atoms in total. The van der Waals surface area contributed by atoms with Crippen LogP contribution in [0.25, 0.3) is 0 Å². The largest absolute Gasteiger partial charge is 0.351 e. The third-order valence-electron chi connectivity index (χ3n) is 1.82. The van der Waals surface area contributed by atoms with Crippen LogP contribution in [0, 0.1) is 3.57 Å². The Morgan fingerprint density at radius 3 is 2.71 bits per heavy atom. The molecule has 0 saturated carbocycles. The van der Waals surface area contributed by atoms with Crippen molar-refractivity contribution in [3.05, 3.63) is 32.4 Å². The minimum absolute atomic E-state index is 0.167. The van der Waals surface area contributed by atoms with E-state index in [4.69, 9.17) is 16.2 Å². The van der Waals surface area contributed by atoms with Crippen LogP contribution in [0.1, 0.15) is 10.4 Å². The lowest BCUT2D eigenvalue weighted by Crippen LogP contribution is -2.29. The first-order valence-electron chi connectivity index (χ1n) is 4.48. The molecule has 0 heterocycles. The van der Waals surface area contributed by atoms with E-state index >= 15 is 0 Å². The van der Waals surface area contributed by atoms with Gasteiger partial charge in [-0.05, 0) is 40.8 Å². The monoisotopic (exact) mass is 389 g/mol. The third-order valence-corrected chi connectivity index (χ3v) is 3.54. The van der Waals surface area contributed by atoms with E-state index in [2.05, 4.69) is 5.32 Å². The molecule has 0 aliphatic heterocycles. The van der Waals surface area contributed by atoms with Crippen LogP contribution in [0.15, 0.2) is 18.2 Å². The lowest BCUT2D eigenvalue weighted by molar-refractivity contribution is 0.0956. The summed E-state index contributed by atoms with van der Waals surface area (Å²) in [5.74, 6) is -1.00. The number of amides is 1. The van der Waals surface area contributed by atoms with Gasteiger partial charge in [-0.15, -0.1) is 0 Å². The van der Waals surface area contributed by atoms with Crippen molar-refractivity contribution >= 4 is 50.2 Å². The first-order valence-corrected chi connectivity index (χ1v) is 7.54. The van der Waals surface area contributed by atoms with Crippen LogP contribution in [0.3, 0.4) is 0 Å². The standard InChI is InChI=1S/C9H9ClINO4S/c10-8-2-1-6(11)5-7(8)9(13)12-3-4-17(14,15)16/h1-2,5H,3-4H2,(H,12,13)(H,14,15,16). The summed E-state index contributed by atoms with van der Waals surface area (Å²) in [5.41, 5.74) is 0.272. The van der Waals surface area contributed by atoms with Crippen LogP contribution in [0.5, 0.6) is 0 Å². The topological polar surface area (TPSA) is 83.5 Å². The minimum Gasteiger partial charge on any atom is -0.351 e. The second kappa shape index (κ2) is 5.98. The van der Waals surface area contributed by atoms with Gasteiger partial charge in [-0.1, -0.05) is 11.6 Å². The lowest BCUT2D eigenvalue weighted by atomic mass is 10.2. The van der Waals surface area contributed by atoms with Crippen molar-refractivity contribution in [2.45, 2.75) is 0 Å². The van der Waals surface area contributed by atoms with Crippen molar-refractivity contribution in [1.82, 2.24) is 5.32 Å². The second-order valence-corrected chi connectivity index (χ2v) is 6.39. The Labute approximate surface area is 117 Å². The van der Waals surface area contributed by atoms with Crippen LogP contribution in [-0.4, -0.2) is 31.2 Å². The van der Waals surface area contributed by atoms with Gasteiger partial charge in [-0.2, -0.15) is 8.42 Å². The number of carbonyl (C=O) groups is 1. The number of hydrogen-bond donors (Lipinski definition) is 2. The van der Waals surface area contributed by atoms with Crippen molar-refractivity contribution in [2.24, 2.45) is 0 Å². The summed E-state index contributed by atoms with van der Waals surface area (Å²) in [4.78, 5) is 11.6. The van der Waals surface area contributed by atoms with Gasteiger partial charge in [0.2, 0.25) is 0 Å². The Bertz CT molecular complexity index is 532. The second-order valence-electron chi connectivity index (χ2n) is 3.17. The highest BCUT2D eigenvalue weighted by atomic mass is 127. The zero-order valence-electron chi connectivity index (χ0n) is 8.48. The summed E-state index contributed by atoms with van der Waals surface area (Å²) in [7, 11) is -4.07. The van der Waals surface area contributed by atoms with Crippen LogP contribution in [0.4, 0.5) is 0 Å². The van der Waals surface area contributed by atoms with Crippen molar-refractivity contribution in [2.75, 3.05) is 12.3 Å². The molecule has 0 aliphatic carbocycles. The lowest BCUT2D eigenvalue weighted by Gasteiger charge is -2.06. The maximum absolute atomic E-state index is 11.6. The first-order chi connectivity index (χ1) is 7.79. The minimum atomic E-state index is -4.07. The van der Waals surface area contributed by atoms with Crippen LogP contribution >= 0.6 is 34.2 Å². The van der Waals surface area contributed by atoms with Gasteiger partial charge in [0.15, 0.2) is 0 Å². The van der Waals surface area contributed by atoms with E-state index in [9.17, 15) is 13.2 Å². The van der Waals surface area contributed by atoms with Gasteiger partial charge < -0.3 is 5.32 Å². The molecule has 1 rings (SSSR count).